The zero-order valence-corrected chi connectivity index (χ0v) is 19.4. The van der Waals surface area contributed by atoms with Crippen LogP contribution in [0.5, 0.6) is 11.5 Å². The lowest BCUT2D eigenvalue weighted by Crippen LogP contribution is -2.49. The average molecular weight is 447 g/mol. The summed E-state index contributed by atoms with van der Waals surface area (Å²) in [6.45, 7) is 5.16. The Hall–Kier alpha value is -2.34. The van der Waals surface area contributed by atoms with Crippen molar-refractivity contribution in [3.05, 3.63) is 41.3 Å². The van der Waals surface area contributed by atoms with E-state index < -0.39 is 0 Å². The number of ether oxygens (including phenoxy) is 2. The molecule has 0 spiro atoms. The number of nitrogens with zero attached hydrogens (tertiary/aromatic N) is 3. The molecule has 3 heterocycles. The van der Waals surface area contributed by atoms with Crippen molar-refractivity contribution < 1.29 is 9.47 Å². The highest BCUT2D eigenvalue weighted by molar-refractivity contribution is 5.48. The lowest BCUT2D eigenvalue weighted by molar-refractivity contribution is -0.0444. The third kappa shape index (κ3) is 3.76. The summed E-state index contributed by atoms with van der Waals surface area (Å²) in [6, 6.07) is 6.32. The van der Waals surface area contributed by atoms with Gasteiger partial charge in [0.25, 0.3) is 0 Å². The Morgan fingerprint density at radius 1 is 0.970 bits per heavy atom. The molecule has 2 aliphatic heterocycles. The number of nitrogens with one attached hydrogen (secondary N) is 1. The second-order valence-electron chi connectivity index (χ2n) is 11.4. The van der Waals surface area contributed by atoms with Crippen LogP contribution in [0.3, 0.4) is 0 Å². The summed E-state index contributed by atoms with van der Waals surface area (Å²) in [5, 5.41) is 3.83. The molecule has 8 rings (SSSR count). The van der Waals surface area contributed by atoms with E-state index in [4.69, 9.17) is 14.5 Å². The van der Waals surface area contributed by atoms with Crippen LogP contribution in [0.15, 0.2) is 24.5 Å². The topological polar surface area (TPSA) is 59.5 Å². The van der Waals surface area contributed by atoms with Crippen molar-refractivity contribution in [2.75, 3.05) is 31.6 Å². The van der Waals surface area contributed by atoms with E-state index in [1.807, 2.05) is 6.07 Å². The lowest BCUT2D eigenvalue weighted by Gasteiger charge is -2.57. The zero-order chi connectivity index (χ0) is 21.8. The van der Waals surface area contributed by atoms with Crippen LogP contribution >= 0.6 is 0 Å². The van der Waals surface area contributed by atoms with E-state index >= 15 is 0 Å². The molecule has 33 heavy (non-hydrogen) atoms. The Kier molecular flexibility index (Phi) is 4.78. The normalized spacial score (nSPS) is 31.9. The molecule has 4 saturated carbocycles. The molecule has 4 fully saturated rings. The number of aromatic nitrogens is 2. The number of fused-ring (bicyclic) bond motifs is 2. The molecule has 4 aliphatic carbocycles. The van der Waals surface area contributed by atoms with Gasteiger partial charge in [-0.05, 0) is 85.8 Å². The number of hydrogen-bond acceptors (Lipinski definition) is 6. The van der Waals surface area contributed by atoms with Crippen LogP contribution in [0.25, 0.3) is 0 Å². The molecule has 0 radical (unpaired) electrons. The molecule has 0 saturated heterocycles. The first-order chi connectivity index (χ1) is 16.2. The predicted octanol–water partition coefficient (Wildman–Crippen LogP) is 4.43. The minimum atomic E-state index is 0.519. The fourth-order valence-electron chi connectivity index (χ4n) is 7.92. The SMILES string of the molecule is c1nc2c(c(NCC34CC5CC(CC(C5)C3)C4)n1)CCN(Cc1ccc3c(c1)OCCO3)C2. The zero-order valence-electron chi connectivity index (χ0n) is 19.4. The summed E-state index contributed by atoms with van der Waals surface area (Å²) in [4.78, 5) is 11.9. The smallest absolute Gasteiger partial charge is 0.161 e. The average Bonchev–Trinajstić information content (AvgIpc) is 2.82. The molecule has 6 heteroatoms. The Labute approximate surface area is 196 Å². The van der Waals surface area contributed by atoms with Gasteiger partial charge in [-0.3, -0.25) is 4.90 Å². The summed E-state index contributed by atoms with van der Waals surface area (Å²) in [5.74, 6) is 5.80. The van der Waals surface area contributed by atoms with Gasteiger partial charge in [-0.2, -0.15) is 0 Å². The van der Waals surface area contributed by atoms with E-state index in [1.165, 1.54) is 55.3 Å². The van der Waals surface area contributed by atoms with Crippen LogP contribution in [0.1, 0.15) is 55.3 Å². The Bertz CT molecular complexity index is 1020. The first-order valence-corrected chi connectivity index (χ1v) is 12.9. The maximum Gasteiger partial charge on any atom is 0.161 e. The molecular formula is C27H34N4O2. The van der Waals surface area contributed by atoms with E-state index in [2.05, 4.69) is 27.3 Å². The maximum absolute atomic E-state index is 5.77. The third-order valence-corrected chi connectivity index (χ3v) is 8.89. The molecule has 174 valence electrons. The second kappa shape index (κ2) is 7.86. The fourth-order valence-corrected chi connectivity index (χ4v) is 7.92. The van der Waals surface area contributed by atoms with Crippen LogP contribution < -0.4 is 14.8 Å². The highest BCUT2D eigenvalue weighted by Crippen LogP contribution is 2.60. The van der Waals surface area contributed by atoms with Gasteiger partial charge >= 0.3 is 0 Å². The molecule has 0 unspecified atom stereocenters. The summed E-state index contributed by atoms with van der Waals surface area (Å²) in [5.41, 5.74) is 4.30. The molecule has 6 nitrogen and oxygen atoms in total. The number of rotatable bonds is 5. The molecule has 2 aromatic rings. The largest absolute Gasteiger partial charge is 0.486 e. The quantitative estimate of drug-likeness (QED) is 0.733. The van der Waals surface area contributed by atoms with Gasteiger partial charge < -0.3 is 14.8 Å². The molecule has 4 bridgehead atoms. The van der Waals surface area contributed by atoms with Gasteiger partial charge in [0.15, 0.2) is 11.5 Å². The molecule has 1 aromatic heterocycles. The number of anilines is 1. The van der Waals surface area contributed by atoms with Crippen molar-refractivity contribution in [2.24, 2.45) is 23.2 Å². The first-order valence-electron chi connectivity index (χ1n) is 12.9. The third-order valence-electron chi connectivity index (χ3n) is 8.89. The predicted molar refractivity (Wildman–Crippen MR) is 126 cm³/mol. The first kappa shape index (κ1) is 20.1. The van der Waals surface area contributed by atoms with E-state index in [-0.39, 0.29) is 0 Å². The Morgan fingerprint density at radius 3 is 2.52 bits per heavy atom. The summed E-state index contributed by atoms with van der Waals surface area (Å²) >= 11 is 0. The minimum Gasteiger partial charge on any atom is -0.486 e. The van der Waals surface area contributed by atoms with Crippen LogP contribution in [-0.4, -0.2) is 41.2 Å². The van der Waals surface area contributed by atoms with E-state index in [0.717, 1.165) is 67.7 Å². The summed E-state index contributed by atoms with van der Waals surface area (Å²) in [6.07, 6.45) is 11.6. The van der Waals surface area contributed by atoms with Crippen molar-refractivity contribution in [2.45, 2.75) is 58.0 Å². The van der Waals surface area contributed by atoms with Crippen LogP contribution in [0.4, 0.5) is 5.82 Å². The van der Waals surface area contributed by atoms with Gasteiger partial charge in [0.2, 0.25) is 0 Å². The molecule has 0 atom stereocenters. The Balaban J connectivity index is 1.03. The highest BCUT2D eigenvalue weighted by atomic mass is 16.6. The molecule has 1 aromatic carbocycles. The van der Waals surface area contributed by atoms with Gasteiger partial charge in [-0.25, -0.2) is 9.97 Å². The standard InChI is InChI=1S/C27H34N4O2/c1-2-24-25(33-6-5-32-24)10-18(1)14-31-4-3-22-23(15-31)29-17-30-26(22)28-16-27-11-19-7-20(12-27)9-21(8-19)13-27/h1-2,10,17,19-21H,3-9,11-16H2,(H,28,29,30). The van der Waals surface area contributed by atoms with Crippen LogP contribution in [0.2, 0.25) is 0 Å². The van der Waals surface area contributed by atoms with Gasteiger partial charge in [0, 0.05) is 31.7 Å². The van der Waals surface area contributed by atoms with Crippen molar-refractivity contribution in [3.8, 4) is 11.5 Å². The fraction of sp³-hybridized carbons (Fsp3) is 0.630. The maximum atomic E-state index is 5.77. The van der Waals surface area contributed by atoms with E-state index in [9.17, 15) is 0 Å². The van der Waals surface area contributed by atoms with Gasteiger partial charge in [-0.1, -0.05) is 6.07 Å². The molecule has 0 amide bonds. The summed E-state index contributed by atoms with van der Waals surface area (Å²) < 4.78 is 11.4. The monoisotopic (exact) mass is 446 g/mol. The van der Waals surface area contributed by atoms with Crippen LogP contribution in [-0.2, 0) is 19.5 Å². The molecule has 1 N–H and O–H groups in total. The molecular weight excluding hydrogens is 412 g/mol. The van der Waals surface area contributed by atoms with Crippen molar-refractivity contribution >= 4 is 5.82 Å². The molecule has 6 aliphatic rings. The van der Waals surface area contributed by atoms with Gasteiger partial charge in [0.05, 0.1) is 5.69 Å². The lowest BCUT2D eigenvalue weighted by atomic mass is 9.49. The van der Waals surface area contributed by atoms with Crippen molar-refractivity contribution in [1.29, 1.82) is 0 Å². The van der Waals surface area contributed by atoms with Gasteiger partial charge in [0.1, 0.15) is 25.4 Å². The van der Waals surface area contributed by atoms with Crippen LogP contribution in [0, 0.1) is 23.2 Å². The van der Waals surface area contributed by atoms with E-state index in [1.54, 1.807) is 6.33 Å². The van der Waals surface area contributed by atoms with Gasteiger partial charge in [-0.15, -0.1) is 0 Å². The second-order valence-corrected chi connectivity index (χ2v) is 11.4. The highest BCUT2D eigenvalue weighted by Gasteiger charge is 2.50. The van der Waals surface area contributed by atoms with E-state index in [0.29, 0.717) is 18.6 Å². The van der Waals surface area contributed by atoms with Crippen molar-refractivity contribution in [1.82, 2.24) is 14.9 Å². The number of hydrogen-bond donors (Lipinski definition) is 1. The Morgan fingerprint density at radius 2 is 1.73 bits per heavy atom. The van der Waals surface area contributed by atoms with Crippen molar-refractivity contribution in [3.63, 3.8) is 0 Å². The summed E-state index contributed by atoms with van der Waals surface area (Å²) in [7, 11) is 0. The number of benzene rings is 1. The minimum absolute atomic E-state index is 0.519.